The smallest absolute Gasteiger partial charge is 0.282 e. The molecule has 1 aliphatic rings. The highest BCUT2D eigenvalue weighted by molar-refractivity contribution is 5.98. The molecule has 1 heterocycles. The number of amides is 1. The summed E-state index contributed by atoms with van der Waals surface area (Å²) in [5.41, 5.74) is 1.28. The van der Waals surface area contributed by atoms with Crippen molar-refractivity contribution < 1.29 is 9.72 Å². The standard InChI is InChI=1S/C18H19N3O3.ClH/c22-18(16-8-4-5-9-17(16)21(23)24)20-12-10-19(11-13-20)14-15-6-2-1-3-7-15;/h1-9H,10-14H2;1H. The minimum Gasteiger partial charge on any atom is -0.336 e. The number of carbonyl (C=O) groups excluding carboxylic acids is 1. The van der Waals surface area contributed by atoms with Gasteiger partial charge >= 0.3 is 0 Å². The monoisotopic (exact) mass is 361 g/mol. The molecule has 0 N–H and O–H groups in total. The lowest BCUT2D eigenvalue weighted by Gasteiger charge is -2.34. The summed E-state index contributed by atoms with van der Waals surface area (Å²) in [6.07, 6.45) is 0. The summed E-state index contributed by atoms with van der Waals surface area (Å²) in [5.74, 6) is -0.262. The van der Waals surface area contributed by atoms with Gasteiger partial charge in [-0.3, -0.25) is 19.8 Å². The fourth-order valence-corrected chi connectivity index (χ4v) is 2.93. The maximum atomic E-state index is 12.6. The molecule has 0 bridgehead atoms. The number of hydrogen-bond acceptors (Lipinski definition) is 4. The van der Waals surface area contributed by atoms with Gasteiger partial charge in [-0.1, -0.05) is 42.5 Å². The van der Waals surface area contributed by atoms with Crippen LogP contribution in [-0.2, 0) is 6.54 Å². The highest BCUT2D eigenvalue weighted by atomic mass is 35.5. The number of piperazine rings is 1. The third-order valence-corrected chi connectivity index (χ3v) is 4.24. The van der Waals surface area contributed by atoms with Crippen molar-refractivity contribution in [1.82, 2.24) is 9.80 Å². The van der Waals surface area contributed by atoms with Gasteiger partial charge in [0.2, 0.25) is 0 Å². The van der Waals surface area contributed by atoms with Crippen LogP contribution in [0.2, 0.25) is 0 Å². The Morgan fingerprint density at radius 3 is 2.20 bits per heavy atom. The molecule has 0 atom stereocenters. The second-order valence-corrected chi connectivity index (χ2v) is 5.83. The lowest BCUT2D eigenvalue weighted by atomic mass is 10.1. The zero-order valence-corrected chi connectivity index (χ0v) is 14.5. The van der Waals surface area contributed by atoms with Crippen molar-refractivity contribution in [3.8, 4) is 0 Å². The Morgan fingerprint density at radius 2 is 1.56 bits per heavy atom. The Labute approximate surface area is 152 Å². The van der Waals surface area contributed by atoms with Gasteiger partial charge in [-0.15, -0.1) is 12.4 Å². The summed E-state index contributed by atoms with van der Waals surface area (Å²) in [4.78, 5) is 27.2. The van der Waals surface area contributed by atoms with Crippen LogP contribution in [0.1, 0.15) is 15.9 Å². The van der Waals surface area contributed by atoms with Gasteiger partial charge in [0.05, 0.1) is 4.92 Å². The highest BCUT2D eigenvalue weighted by Gasteiger charge is 2.27. The highest BCUT2D eigenvalue weighted by Crippen LogP contribution is 2.20. The minimum absolute atomic E-state index is 0. The Bertz CT molecular complexity index is 731. The largest absolute Gasteiger partial charge is 0.336 e. The first-order chi connectivity index (χ1) is 11.6. The van der Waals surface area contributed by atoms with Crippen LogP contribution in [0.3, 0.4) is 0 Å². The molecule has 3 rings (SSSR count). The molecule has 0 aliphatic carbocycles. The number of nitro groups is 1. The maximum Gasteiger partial charge on any atom is 0.282 e. The second-order valence-electron chi connectivity index (χ2n) is 5.83. The summed E-state index contributed by atoms with van der Waals surface area (Å²) in [7, 11) is 0. The number of nitro benzene ring substituents is 1. The van der Waals surface area contributed by atoms with Crippen molar-refractivity contribution in [3.63, 3.8) is 0 Å². The summed E-state index contributed by atoms with van der Waals surface area (Å²) < 4.78 is 0. The van der Waals surface area contributed by atoms with Crippen LogP contribution >= 0.6 is 12.4 Å². The minimum atomic E-state index is -0.501. The molecular weight excluding hydrogens is 342 g/mol. The van der Waals surface area contributed by atoms with Crippen LogP contribution in [-0.4, -0.2) is 46.8 Å². The third kappa shape index (κ3) is 4.55. The second kappa shape index (κ2) is 8.60. The number of para-hydroxylation sites is 1. The molecule has 6 nitrogen and oxygen atoms in total. The molecule has 7 heteroatoms. The Balaban J connectivity index is 0.00000225. The van der Waals surface area contributed by atoms with Gasteiger partial charge < -0.3 is 4.90 Å². The number of rotatable bonds is 4. The lowest BCUT2D eigenvalue weighted by Crippen LogP contribution is -2.48. The van der Waals surface area contributed by atoms with E-state index in [-0.39, 0.29) is 29.6 Å². The molecule has 2 aromatic rings. The SMILES string of the molecule is Cl.O=C(c1ccccc1[N+](=O)[O-])N1CCN(Cc2ccccc2)CC1. The number of nitrogens with zero attached hydrogens (tertiary/aromatic N) is 3. The Hall–Kier alpha value is -2.44. The predicted molar refractivity (Wildman–Crippen MR) is 98.0 cm³/mol. The zero-order chi connectivity index (χ0) is 16.9. The first kappa shape index (κ1) is 18.9. The topological polar surface area (TPSA) is 66.7 Å². The van der Waals surface area contributed by atoms with E-state index >= 15 is 0 Å². The maximum absolute atomic E-state index is 12.6. The first-order valence-electron chi connectivity index (χ1n) is 7.94. The number of benzene rings is 2. The molecule has 0 aromatic heterocycles. The van der Waals surface area contributed by atoms with Crippen LogP contribution < -0.4 is 0 Å². The fourth-order valence-electron chi connectivity index (χ4n) is 2.93. The number of carbonyl (C=O) groups is 1. The van der Waals surface area contributed by atoms with E-state index < -0.39 is 4.92 Å². The first-order valence-corrected chi connectivity index (χ1v) is 7.94. The van der Waals surface area contributed by atoms with Gasteiger partial charge in [0, 0.05) is 38.8 Å². The molecule has 2 aromatic carbocycles. The van der Waals surface area contributed by atoms with Gasteiger partial charge in [-0.2, -0.15) is 0 Å². The molecular formula is C18H20ClN3O3. The van der Waals surface area contributed by atoms with Gasteiger partial charge in [-0.05, 0) is 11.6 Å². The van der Waals surface area contributed by atoms with E-state index in [2.05, 4.69) is 17.0 Å². The number of hydrogen-bond donors (Lipinski definition) is 0. The van der Waals surface area contributed by atoms with E-state index in [1.165, 1.54) is 17.7 Å². The fraction of sp³-hybridized carbons (Fsp3) is 0.278. The van der Waals surface area contributed by atoms with Gasteiger partial charge in [0.25, 0.3) is 11.6 Å². The summed E-state index contributed by atoms with van der Waals surface area (Å²) in [6.45, 7) is 3.55. The molecule has 132 valence electrons. The summed E-state index contributed by atoms with van der Waals surface area (Å²) in [5, 5.41) is 11.1. The molecule has 0 saturated carbocycles. The molecule has 0 unspecified atom stereocenters. The number of halogens is 1. The van der Waals surface area contributed by atoms with Crippen LogP contribution in [0.25, 0.3) is 0 Å². The summed E-state index contributed by atoms with van der Waals surface area (Å²) >= 11 is 0. The predicted octanol–water partition coefficient (Wildman–Crippen LogP) is 2.97. The van der Waals surface area contributed by atoms with Crippen LogP contribution in [0.5, 0.6) is 0 Å². The molecule has 1 amide bonds. The lowest BCUT2D eigenvalue weighted by molar-refractivity contribution is -0.385. The molecule has 1 aliphatic heterocycles. The van der Waals surface area contributed by atoms with Gasteiger partial charge in [0.1, 0.15) is 5.56 Å². The van der Waals surface area contributed by atoms with E-state index in [1.807, 2.05) is 18.2 Å². The quantitative estimate of drug-likeness (QED) is 0.620. The van der Waals surface area contributed by atoms with Crippen LogP contribution in [0, 0.1) is 10.1 Å². The normalized spacial score (nSPS) is 14.6. The van der Waals surface area contributed by atoms with Crippen molar-refractivity contribution in [1.29, 1.82) is 0 Å². The van der Waals surface area contributed by atoms with Crippen molar-refractivity contribution in [2.24, 2.45) is 0 Å². The van der Waals surface area contributed by atoms with Crippen LogP contribution in [0.4, 0.5) is 5.69 Å². The molecule has 1 fully saturated rings. The van der Waals surface area contributed by atoms with E-state index in [9.17, 15) is 14.9 Å². The van der Waals surface area contributed by atoms with Gasteiger partial charge in [0.15, 0.2) is 0 Å². The van der Waals surface area contributed by atoms with Crippen molar-refractivity contribution in [2.75, 3.05) is 26.2 Å². The molecule has 0 radical (unpaired) electrons. The van der Waals surface area contributed by atoms with E-state index in [0.29, 0.717) is 13.1 Å². The van der Waals surface area contributed by atoms with E-state index in [4.69, 9.17) is 0 Å². The molecule has 25 heavy (non-hydrogen) atoms. The summed E-state index contributed by atoms with van der Waals surface area (Å²) in [6, 6.07) is 16.3. The van der Waals surface area contributed by atoms with Crippen molar-refractivity contribution in [2.45, 2.75) is 6.54 Å². The van der Waals surface area contributed by atoms with E-state index in [1.54, 1.807) is 17.0 Å². The van der Waals surface area contributed by atoms with Crippen molar-refractivity contribution in [3.05, 3.63) is 75.8 Å². The average molecular weight is 362 g/mol. The molecule has 1 saturated heterocycles. The zero-order valence-electron chi connectivity index (χ0n) is 13.7. The Morgan fingerprint density at radius 1 is 0.960 bits per heavy atom. The average Bonchev–Trinajstić information content (AvgIpc) is 2.62. The van der Waals surface area contributed by atoms with Crippen molar-refractivity contribution >= 4 is 24.0 Å². The van der Waals surface area contributed by atoms with Gasteiger partial charge in [-0.25, -0.2) is 0 Å². The van der Waals surface area contributed by atoms with Crippen LogP contribution in [0.15, 0.2) is 54.6 Å². The molecule has 0 spiro atoms. The Kier molecular flexibility index (Phi) is 6.50. The third-order valence-electron chi connectivity index (χ3n) is 4.24. The van der Waals surface area contributed by atoms with E-state index in [0.717, 1.165) is 19.6 Å².